The monoisotopic (exact) mass is 348 g/mol. The predicted molar refractivity (Wildman–Crippen MR) is 92.0 cm³/mol. The maximum atomic E-state index is 12.9. The normalized spacial score (nSPS) is 23.1. The molecule has 5 nitrogen and oxygen atoms in total. The molecule has 0 aromatic heterocycles. The van der Waals surface area contributed by atoms with Gasteiger partial charge in [-0.15, -0.1) is 0 Å². The lowest BCUT2D eigenvalue weighted by atomic mass is 9.79. The Hall–Kier alpha value is -1.95. The fourth-order valence-corrected chi connectivity index (χ4v) is 3.74. The average Bonchev–Trinajstić information content (AvgIpc) is 2.61. The maximum absolute atomic E-state index is 12.9. The van der Waals surface area contributed by atoms with Gasteiger partial charge < -0.3 is 15.0 Å². The Morgan fingerprint density at radius 1 is 1.32 bits per heavy atom. The van der Waals surface area contributed by atoms with Crippen molar-refractivity contribution in [2.24, 2.45) is 5.92 Å². The van der Waals surface area contributed by atoms with Crippen molar-refractivity contribution in [3.05, 3.63) is 35.6 Å². The Kier molecular flexibility index (Phi) is 5.37. The Balaban J connectivity index is 1.43. The standard InChI is InChI=1S/C19H25FN2O3/c1-14-13-21-18(24)25-19(14)8-11-22(12-9-19)10-2-3-17(23)15-4-6-16(20)7-5-15/h4-7,14H,2-3,8-13H2,1H3,(H,21,24). The van der Waals surface area contributed by atoms with E-state index in [0.717, 1.165) is 38.9 Å². The average molecular weight is 348 g/mol. The number of Topliss-reactive ketones (excluding diaryl/α,β-unsaturated/α-hetero) is 1. The third-order valence-corrected chi connectivity index (χ3v) is 5.49. The largest absolute Gasteiger partial charge is 0.442 e. The number of piperidine rings is 1. The molecule has 2 heterocycles. The highest BCUT2D eigenvalue weighted by molar-refractivity contribution is 5.95. The summed E-state index contributed by atoms with van der Waals surface area (Å²) in [5.74, 6) is 0.0356. The number of likely N-dealkylation sites (tertiary alicyclic amines) is 1. The van der Waals surface area contributed by atoms with Crippen LogP contribution >= 0.6 is 0 Å². The van der Waals surface area contributed by atoms with E-state index in [-0.39, 0.29) is 23.3 Å². The predicted octanol–water partition coefficient (Wildman–Crippen LogP) is 3.00. The number of halogens is 1. The van der Waals surface area contributed by atoms with Crippen molar-refractivity contribution in [1.29, 1.82) is 0 Å². The van der Waals surface area contributed by atoms with E-state index in [2.05, 4.69) is 17.1 Å². The molecule has 1 atom stereocenters. The highest BCUT2D eigenvalue weighted by Crippen LogP contribution is 2.35. The van der Waals surface area contributed by atoms with Crippen LogP contribution in [0.1, 0.15) is 43.0 Å². The second-order valence-electron chi connectivity index (χ2n) is 7.11. The van der Waals surface area contributed by atoms with Gasteiger partial charge in [-0.3, -0.25) is 4.79 Å². The maximum Gasteiger partial charge on any atom is 0.407 e. The van der Waals surface area contributed by atoms with Crippen molar-refractivity contribution in [1.82, 2.24) is 10.2 Å². The fourth-order valence-electron chi connectivity index (χ4n) is 3.74. The molecule has 1 unspecified atom stereocenters. The van der Waals surface area contributed by atoms with Gasteiger partial charge in [0.1, 0.15) is 11.4 Å². The number of hydrogen-bond acceptors (Lipinski definition) is 4. The van der Waals surface area contributed by atoms with E-state index in [1.807, 2.05) is 0 Å². The van der Waals surface area contributed by atoms with Crippen molar-refractivity contribution >= 4 is 11.9 Å². The number of carbonyl (C=O) groups excluding carboxylic acids is 2. The molecule has 0 aliphatic carbocycles. The highest BCUT2D eigenvalue weighted by atomic mass is 19.1. The summed E-state index contributed by atoms with van der Waals surface area (Å²) in [6.07, 6.45) is 2.61. The van der Waals surface area contributed by atoms with Gasteiger partial charge in [0.15, 0.2) is 5.78 Å². The van der Waals surface area contributed by atoms with Crippen molar-refractivity contribution in [3.8, 4) is 0 Å². The lowest BCUT2D eigenvalue weighted by molar-refractivity contribution is -0.0863. The second kappa shape index (κ2) is 7.52. The summed E-state index contributed by atoms with van der Waals surface area (Å²) in [5, 5.41) is 2.74. The van der Waals surface area contributed by atoms with Gasteiger partial charge in [0.2, 0.25) is 0 Å². The van der Waals surface area contributed by atoms with Gasteiger partial charge in [-0.2, -0.15) is 0 Å². The molecule has 136 valence electrons. The Morgan fingerprint density at radius 2 is 2.00 bits per heavy atom. The molecule has 1 spiro atoms. The van der Waals surface area contributed by atoms with Crippen molar-refractivity contribution in [3.63, 3.8) is 0 Å². The summed E-state index contributed by atoms with van der Waals surface area (Å²) < 4.78 is 18.5. The molecule has 1 aromatic rings. The molecule has 2 saturated heterocycles. The minimum Gasteiger partial charge on any atom is -0.442 e. The Morgan fingerprint density at radius 3 is 2.68 bits per heavy atom. The van der Waals surface area contributed by atoms with E-state index in [0.29, 0.717) is 24.4 Å². The molecule has 2 fully saturated rings. The Labute approximate surface area is 147 Å². The van der Waals surface area contributed by atoms with Gasteiger partial charge in [0, 0.05) is 50.4 Å². The van der Waals surface area contributed by atoms with Gasteiger partial charge in [0.05, 0.1) is 0 Å². The van der Waals surface area contributed by atoms with E-state index >= 15 is 0 Å². The van der Waals surface area contributed by atoms with Crippen LogP contribution < -0.4 is 5.32 Å². The van der Waals surface area contributed by atoms with Crippen LogP contribution in [0.4, 0.5) is 9.18 Å². The lowest BCUT2D eigenvalue weighted by Crippen LogP contribution is -2.58. The third kappa shape index (κ3) is 4.18. The zero-order chi connectivity index (χ0) is 17.9. The van der Waals surface area contributed by atoms with Gasteiger partial charge in [-0.05, 0) is 37.2 Å². The van der Waals surface area contributed by atoms with Crippen LogP contribution in [-0.2, 0) is 4.74 Å². The molecule has 0 radical (unpaired) electrons. The Bertz CT molecular complexity index is 624. The van der Waals surface area contributed by atoms with E-state index in [1.54, 1.807) is 0 Å². The van der Waals surface area contributed by atoms with Crippen LogP contribution in [0.2, 0.25) is 0 Å². The highest BCUT2D eigenvalue weighted by Gasteiger charge is 2.45. The molecule has 1 N–H and O–H groups in total. The summed E-state index contributed by atoms with van der Waals surface area (Å²) in [6, 6.07) is 5.71. The van der Waals surface area contributed by atoms with Crippen LogP contribution in [0.15, 0.2) is 24.3 Å². The quantitative estimate of drug-likeness (QED) is 0.831. The molecule has 0 saturated carbocycles. The lowest BCUT2D eigenvalue weighted by Gasteiger charge is -2.47. The van der Waals surface area contributed by atoms with Crippen LogP contribution in [0.5, 0.6) is 0 Å². The first-order chi connectivity index (χ1) is 12.0. The summed E-state index contributed by atoms with van der Waals surface area (Å²) >= 11 is 0. The molecular formula is C19H25FN2O3. The number of rotatable bonds is 5. The number of hydrogen-bond donors (Lipinski definition) is 1. The van der Waals surface area contributed by atoms with E-state index in [9.17, 15) is 14.0 Å². The smallest absolute Gasteiger partial charge is 0.407 e. The summed E-state index contributed by atoms with van der Waals surface area (Å²) in [5.41, 5.74) is 0.234. The van der Waals surface area contributed by atoms with Crippen LogP contribution in [0.3, 0.4) is 0 Å². The van der Waals surface area contributed by atoms with Crippen LogP contribution in [0, 0.1) is 11.7 Å². The first-order valence-electron chi connectivity index (χ1n) is 8.96. The molecule has 3 rings (SSSR count). The number of amides is 1. The molecule has 1 amide bonds. The topological polar surface area (TPSA) is 58.6 Å². The summed E-state index contributed by atoms with van der Waals surface area (Å²) in [4.78, 5) is 26.0. The number of nitrogens with one attached hydrogen (secondary N) is 1. The van der Waals surface area contributed by atoms with Gasteiger partial charge in [-0.1, -0.05) is 6.92 Å². The van der Waals surface area contributed by atoms with E-state index in [4.69, 9.17) is 4.74 Å². The summed E-state index contributed by atoms with van der Waals surface area (Å²) in [6.45, 7) is 5.40. The first-order valence-corrected chi connectivity index (χ1v) is 8.96. The number of carbonyl (C=O) groups is 2. The third-order valence-electron chi connectivity index (χ3n) is 5.49. The fraction of sp³-hybridized carbons (Fsp3) is 0.579. The van der Waals surface area contributed by atoms with Crippen molar-refractivity contribution in [2.45, 2.75) is 38.2 Å². The zero-order valence-corrected chi connectivity index (χ0v) is 14.6. The zero-order valence-electron chi connectivity index (χ0n) is 14.6. The molecule has 2 aliphatic rings. The minimum absolute atomic E-state index is 0.0504. The number of nitrogens with zero attached hydrogens (tertiary/aromatic N) is 1. The number of benzene rings is 1. The van der Waals surface area contributed by atoms with Crippen LogP contribution in [0.25, 0.3) is 0 Å². The molecule has 0 bridgehead atoms. The SMILES string of the molecule is CC1CNC(=O)OC12CCN(CCCC(=O)c1ccc(F)cc1)CC2. The minimum atomic E-state index is -0.331. The number of ketones is 1. The van der Waals surface area contributed by atoms with Crippen molar-refractivity contribution in [2.75, 3.05) is 26.2 Å². The molecule has 6 heteroatoms. The second-order valence-corrected chi connectivity index (χ2v) is 7.11. The van der Waals surface area contributed by atoms with Crippen LogP contribution in [-0.4, -0.2) is 48.6 Å². The molecular weight excluding hydrogens is 323 g/mol. The van der Waals surface area contributed by atoms with Crippen molar-refractivity contribution < 1.29 is 18.7 Å². The van der Waals surface area contributed by atoms with Gasteiger partial charge in [-0.25, -0.2) is 9.18 Å². The first kappa shape index (κ1) is 17.9. The number of ether oxygens (including phenoxy) is 1. The van der Waals surface area contributed by atoms with E-state index < -0.39 is 0 Å². The van der Waals surface area contributed by atoms with Gasteiger partial charge in [0.25, 0.3) is 0 Å². The summed E-state index contributed by atoms with van der Waals surface area (Å²) in [7, 11) is 0. The van der Waals surface area contributed by atoms with E-state index in [1.165, 1.54) is 24.3 Å². The number of alkyl carbamates (subject to hydrolysis) is 1. The molecule has 1 aromatic carbocycles. The molecule has 2 aliphatic heterocycles. The van der Waals surface area contributed by atoms with Gasteiger partial charge >= 0.3 is 6.09 Å². The molecule has 25 heavy (non-hydrogen) atoms.